The van der Waals surface area contributed by atoms with Gasteiger partial charge in [-0.1, -0.05) is 11.1 Å². The number of allylic oxidation sites excluding steroid dienone is 1. The second-order valence-corrected chi connectivity index (χ2v) is 1.31. The largest absolute Gasteiger partial charge is 0.385 e. The monoisotopic (exact) mass is 124 g/mol. The van der Waals surface area contributed by atoms with Gasteiger partial charge in [0.15, 0.2) is 0 Å². The van der Waals surface area contributed by atoms with E-state index in [0.717, 1.165) is 0 Å². The minimum Gasteiger partial charge on any atom is -0.385 e. The van der Waals surface area contributed by atoms with Gasteiger partial charge in [0.25, 0.3) is 0 Å². The predicted molar refractivity (Wildman–Crippen MR) is 36.4 cm³/mol. The van der Waals surface area contributed by atoms with Gasteiger partial charge in [-0.3, -0.25) is 0 Å². The molecule has 0 saturated heterocycles. The number of oxime groups is 1. The molecule has 3 heteroatoms. The lowest BCUT2D eigenvalue weighted by Crippen LogP contribution is -2.04. The minimum absolute atomic E-state index is 0.358. The van der Waals surface area contributed by atoms with E-state index in [4.69, 9.17) is 12.2 Å². The number of hydrogen-bond donors (Lipinski definition) is 1. The second kappa shape index (κ2) is 4.72. The van der Waals surface area contributed by atoms with Crippen LogP contribution in [0.25, 0.3) is 0 Å². The van der Waals surface area contributed by atoms with Crippen LogP contribution >= 0.6 is 0 Å². The van der Waals surface area contributed by atoms with Crippen molar-refractivity contribution in [1.29, 1.82) is 0 Å². The predicted octanol–water partition coefficient (Wildman–Crippen LogP) is 0.442. The third kappa shape index (κ3) is 6.57. The Kier molecular flexibility index (Phi) is 3.97. The molecule has 48 valence electrons. The quantitative estimate of drug-likeness (QED) is 0.191. The molecule has 0 amide bonds. The number of hydrogen-bond acceptors (Lipinski definition) is 2. The Morgan fingerprint density at radius 1 is 1.89 bits per heavy atom. The molecule has 0 heterocycles. The van der Waals surface area contributed by atoms with E-state index < -0.39 is 0 Å². The van der Waals surface area contributed by atoms with Crippen molar-refractivity contribution in [3.8, 4) is 12.3 Å². The molecule has 0 radical (unpaired) electrons. The molecule has 0 atom stereocenters. The molecule has 0 fully saturated rings. The summed E-state index contributed by atoms with van der Waals surface area (Å²) in [5, 5.41) is 3.37. The normalized spacial score (nSPS) is 11.3. The molecule has 0 aromatic rings. The van der Waals surface area contributed by atoms with Crippen molar-refractivity contribution < 1.29 is 4.84 Å². The highest BCUT2D eigenvalue weighted by Gasteiger charge is 1.72. The molecule has 3 nitrogen and oxygen atoms in total. The molecular weight excluding hydrogens is 116 g/mol. The number of amidine groups is 1. The van der Waals surface area contributed by atoms with E-state index in [-0.39, 0.29) is 0 Å². The van der Waals surface area contributed by atoms with Gasteiger partial charge in [0.1, 0.15) is 12.1 Å². The van der Waals surface area contributed by atoms with Gasteiger partial charge >= 0.3 is 0 Å². The van der Waals surface area contributed by atoms with Crippen molar-refractivity contribution in [3.05, 3.63) is 12.3 Å². The summed E-state index contributed by atoms with van der Waals surface area (Å²) in [6, 6.07) is 0. The average molecular weight is 124 g/mol. The van der Waals surface area contributed by atoms with Crippen LogP contribution in [0.5, 0.6) is 0 Å². The van der Waals surface area contributed by atoms with Crippen molar-refractivity contribution >= 4 is 5.84 Å². The van der Waals surface area contributed by atoms with Gasteiger partial charge < -0.3 is 10.6 Å². The summed E-state index contributed by atoms with van der Waals surface area (Å²) in [6.07, 6.45) is 7.50. The summed E-state index contributed by atoms with van der Waals surface area (Å²) in [4.78, 5) is 4.48. The van der Waals surface area contributed by atoms with Crippen molar-refractivity contribution in [2.45, 2.75) is 6.92 Å². The molecular formula is C6H8N2O. The van der Waals surface area contributed by atoms with Crippen LogP contribution < -0.4 is 5.73 Å². The van der Waals surface area contributed by atoms with Crippen LogP contribution in [0, 0.1) is 12.3 Å². The number of nitrogens with zero attached hydrogens (tertiary/aromatic N) is 1. The molecule has 2 N–H and O–H groups in total. The van der Waals surface area contributed by atoms with E-state index in [1.165, 1.54) is 12.3 Å². The van der Waals surface area contributed by atoms with Crippen molar-refractivity contribution in [2.75, 3.05) is 0 Å². The SMILES string of the molecule is C#C/C=C/O/N=C(\C)N. The molecule has 0 unspecified atom stereocenters. The Hall–Kier alpha value is -1.43. The highest BCUT2D eigenvalue weighted by atomic mass is 16.6. The van der Waals surface area contributed by atoms with Gasteiger partial charge in [-0.05, 0) is 6.92 Å². The lowest BCUT2D eigenvalue weighted by molar-refractivity contribution is 0.268. The van der Waals surface area contributed by atoms with Crippen LogP contribution in [0.1, 0.15) is 6.92 Å². The van der Waals surface area contributed by atoms with E-state index in [9.17, 15) is 0 Å². The van der Waals surface area contributed by atoms with Crippen LogP contribution in [-0.2, 0) is 4.84 Å². The Balaban J connectivity index is 3.44. The summed E-state index contributed by atoms with van der Waals surface area (Å²) in [5.41, 5.74) is 5.11. The first-order chi connectivity index (χ1) is 4.27. The lowest BCUT2D eigenvalue weighted by Gasteiger charge is -1.86. The third-order valence-corrected chi connectivity index (χ3v) is 0.422. The van der Waals surface area contributed by atoms with E-state index in [1.807, 2.05) is 0 Å². The smallest absolute Gasteiger partial charge is 0.136 e. The number of rotatable bonds is 2. The van der Waals surface area contributed by atoms with Gasteiger partial charge in [0.05, 0.1) is 0 Å². The van der Waals surface area contributed by atoms with Gasteiger partial charge in [-0.15, -0.1) is 6.42 Å². The fraction of sp³-hybridized carbons (Fsp3) is 0.167. The standard InChI is InChI=1S/C6H8N2O/c1-3-4-5-9-8-6(2)7/h1,4-5H,2H3,(H2,7,8)/b5-4+. The molecule has 0 spiro atoms. The topological polar surface area (TPSA) is 47.6 Å². The maximum absolute atomic E-state index is 5.11. The zero-order valence-corrected chi connectivity index (χ0v) is 5.16. The molecule has 0 bridgehead atoms. The summed E-state index contributed by atoms with van der Waals surface area (Å²) in [6.45, 7) is 1.61. The van der Waals surface area contributed by atoms with Gasteiger partial charge in [-0.25, -0.2) is 0 Å². The van der Waals surface area contributed by atoms with Crippen LogP contribution in [-0.4, -0.2) is 5.84 Å². The Morgan fingerprint density at radius 2 is 2.56 bits per heavy atom. The summed E-state index contributed by atoms with van der Waals surface area (Å²) < 4.78 is 0. The zero-order chi connectivity index (χ0) is 7.11. The molecule has 0 aliphatic heterocycles. The van der Waals surface area contributed by atoms with E-state index in [1.54, 1.807) is 6.92 Å². The first-order valence-corrected chi connectivity index (χ1v) is 2.34. The number of terminal acetylenes is 1. The molecule has 0 aliphatic rings. The Bertz CT molecular complexity index is 160. The maximum atomic E-state index is 5.11. The van der Waals surface area contributed by atoms with Gasteiger partial charge in [0, 0.05) is 6.08 Å². The molecule has 0 rings (SSSR count). The Morgan fingerprint density at radius 3 is 3.00 bits per heavy atom. The zero-order valence-electron chi connectivity index (χ0n) is 5.16. The van der Waals surface area contributed by atoms with Crippen LogP contribution in [0.2, 0.25) is 0 Å². The van der Waals surface area contributed by atoms with Gasteiger partial charge in [0.2, 0.25) is 0 Å². The summed E-state index contributed by atoms with van der Waals surface area (Å²) in [5.74, 6) is 2.58. The highest BCUT2D eigenvalue weighted by Crippen LogP contribution is 1.76. The van der Waals surface area contributed by atoms with Crippen molar-refractivity contribution in [3.63, 3.8) is 0 Å². The maximum Gasteiger partial charge on any atom is 0.136 e. The first kappa shape index (κ1) is 7.57. The van der Waals surface area contributed by atoms with Crippen molar-refractivity contribution in [1.82, 2.24) is 0 Å². The molecule has 0 aliphatic carbocycles. The average Bonchev–Trinajstić information content (AvgIpc) is 1.80. The summed E-state index contributed by atoms with van der Waals surface area (Å²) >= 11 is 0. The van der Waals surface area contributed by atoms with Crippen LogP contribution in [0.15, 0.2) is 17.5 Å². The van der Waals surface area contributed by atoms with Crippen molar-refractivity contribution in [2.24, 2.45) is 10.9 Å². The third-order valence-electron chi connectivity index (χ3n) is 0.422. The van der Waals surface area contributed by atoms with Gasteiger partial charge in [-0.2, -0.15) is 0 Å². The fourth-order valence-electron chi connectivity index (χ4n) is 0.183. The molecule has 9 heavy (non-hydrogen) atoms. The highest BCUT2D eigenvalue weighted by molar-refractivity contribution is 5.76. The summed E-state index contributed by atoms with van der Waals surface area (Å²) in [7, 11) is 0. The first-order valence-electron chi connectivity index (χ1n) is 2.34. The van der Waals surface area contributed by atoms with Crippen LogP contribution in [0.3, 0.4) is 0 Å². The minimum atomic E-state index is 0.358. The molecule has 0 aromatic heterocycles. The fourth-order valence-corrected chi connectivity index (χ4v) is 0.183. The molecule has 0 aromatic carbocycles. The second-order valence-electron chi connectivity index (χ2n) is 1.31. The molecule has 0 saturated carbocycles. The number of nitrogens with two attached hydrogens (primary N) is 1. The lowest BCUT2D eigenvalue weighted by atomic mass is 10.7. The van der Waals surface area contributed by atoms with E-state index >= 15 is 0 Å². The van der Waals surface area contributed by atoms with Crippen LogP contribution in [0.4, 0.5) is 0 Å². The van der Waals surface area contributed by atoms with E-state index in [2.05, 4.69) is 15.9 Å². The van der Waals surface area contributed by atoms with E-state index in [0.29, 0.717) is 5.84 Å². The Labute approximate surface area is 54.2 Å².